The second-order valence-corrected chi connectivity index (χ2v) is 8.54. The maximum atomic E-state index is 13.1. The molecule has 3 rings (SSSR count). The minimum Gasteiger partial charge on any atom is -0.494 e. The molecule has 28 heavy (non-hydrogen) atoms. The lowest BCUT2D eigenvalue weighted by molar-refractivity contribution is -0.120. The van der Waals surface area contributed by atoms with Crippen LogP contribution in [0.4, 0.5) is 10.1 Å². The number of hydrogen-bond donors (Lipinski definition) is 1. The van der Waals surface area contributed by atoms with Crippen LogP contribution in [0.2, 0.25) is 0 Å². The van der Waals surface area contributed by atoms with Crippen LogP contribution in [-0.4, -0.2) is 38.3 Å². The normalized spacial score (nSPS) is 17.9. The van der Waals surface area contributed by atoms with E-state index in [1.807, 2.05) is 6.92 Å². The Morgan fingerprint density at radius 2 is 2.00 bits per heavy atom. The third-order valence-corrected chi connectivity index (χ3v) is 6.50. The zero-order chi connectivity index (χ0) is 20.1. The van der Waals surface area contributed by atoms with Crippen LogP contribution in [0, 0.1) is 11.7 Å². The predicted octanol–water partition coefficient (Wildman–Crippen LogP) is 3.26. The average molecular weight is 406 g/mol. The summed E-state index contributed by atoms with van der Waals surface area (Å²) in [6.07, 6.45) is 1.18. The van der Waals surface area contributed by atoms with E-state index in [1.54, 1.807) is 24.3 Å². The molecule has 6 nitrogen and oxygen atoms in total. The zero-order valence-electron chi connectivity index (χ0n) is 15.6. The van der Waals surface area contributed by atoms with Gasteiger partial charge >= 0.3 is 0 Å². The first-order chi connectivity index (χ1) is 13.4. The van der Waals surface area contributed by atoms with E-state index in [-0.39, 0.29) is 17.3 Å². The van der Waals surface area contributed by atoms with Gasteiger partial charge in [0.05, 0.1) is 17.4 Å². The molecular formula is C20H23FN2O4S. The molecule has 0 aliphatic carbocycles. The quantitative estimate of drug-likeness (QED) is 0.799. The highest BCUT2D eigenvalue weighted by Crippen LogP contribution is 2.25. The Bertz CT molecular complexity index is 931. The van der Waals surface area contributed by atoms with Crippen LogP contribution in [0.1, 0.15) is 19.8 Å². The molecule has 0 unspecified atom stereocenters. The van der Waals surface area contributed by atoms with Gasteiger partial charge in [-0.15, -0.1) is 0 Å². The van der Waals surface area contributed by atoms with E-state index in [2.05, 4.69) is 5.32 Å². The van der Waals surface area contributed by atoms with Crippen LogP contribution in [0.15, 0.2) is 53.4 Å². The number of ether oxygens (including phenoxy) is 1. The molecule has 2 aromatic carbocycles. The lowest BCUT2D eigenvalue weighted by atomic mass is 9.98. The van der Waals surface area contributed by atoms with Crippen LogP contribution in [0.5, 0.6) is 5.75 Å². The monoisotopic (exact) mass is 406 g/mol. The number of benzene rings is 2. The van der Waals surface area contributed by atoms with Crippen molar-refractivity contribution in [2.75, 3.05) is 25.0 Å². The summed E-state index contributed by atoms with van der Waals surface area (Å²) in [6, 6.07) is 11.8. The Morgan fingerprint density at radius 1 is 1.25 bits per heavy atom. The highest BCUT2D eigenvalue weighted by Gasteiger charge is 2.33. The maximum Gasteiger partial charge on any atom is 0.243 e. The van der Waals surface area contributed by atoms with Crippen molar-refractivity contribution in [3.8, 4) is 5.75 Å². The molecule has 1 heterocycles. The molecule has 1 saturated heterocycles. The Balaban J connectivity index is 1.69. The van der Waals surface area contributed by atoms with E-state index >= 15 is 0 Å². The van der Waals surface area contributed by atoms with E-state index < -0.39 is 21.8 Å². The maximum absolute atomic E-state index is 13.1. The lowest BCUT2D eigenvalue weighted by Crippen LogP contribution is -2.43. The topological polar surface area (TPSA) is 75.7 Å². The van der Waals surface area contributed by atoms with E-state index in [0.29, 0.717) is 37.4 Å². The van der Waals surface area contributed by atoms with E-state index in [0.717, 1.165) is 12.1 Å². The van der Waals surface area contributed by atoms with Gasteiger partial charge in [-0.1, -0.05) is 6.07 Å². The number of sulfonamides is 1. The molecule has 0 spiro atoms. The SMILES string of the molecule is CCOc1cccc(NC(=O)[C@H]2CCCN(S(=O)(=O)c3ccc(F)cc3)C2)c1. The third-order valence-electron chi connectivity index (χ3n) is 4.62. The number of piperidine rings is 1. The van der Waals surface area contributed by atoms with Crippen LogP contribution in [-0.2, 0) is 14.8 Å². The zero-order valence-corrected chi connectivity index (χ0v) is 16.4. The van der Waals surface area contributed by atoms with Gasteiger partial charge in [0.2, 0.25) is 15.9 Å². The van der Waals surface area contributed by atoms with Gasteiger partial charge in [0, 0.05) is 24.8 Å². The van der Waals surface area contributed by atoms with Crippen molar-refractivity contribution >= 4 is 21.6 Å². The van der Waals surface area contributed by atoms with Crippen LogP contribution < -0.4 is 10.1 Å². The number of nitrogens with one attached hydrogen (secondary N) is 1. The summed E-state index contributed by atoms with van der Waals surface area (Å²) in [5.74, 6) is -0.527. The first-order valence-corrected chi connectivity index (χ1v) is 10.6. The predicted molar refractivity (Wildman–Crippen MR) is 104 cm³/mol. The van der Waals surface area contributed by atoms with Gasteiger partial charge in [0.25, 0.3) is 0 Å². The van der Waals surface area contributed by atoms with Crippen molar-refractivity contribution in [2.45, 2.75) is 24.7 Å². The number of rotatable bonds is 6. The van der Waals surface area contributed by atoms with Gasteiger partial charge in [0.15, 0.2) is 0 Å². The Hall–Kier alpha value is -2.45. The number of nitrogens with zero attached hydrogens (tertiary/aromatic N) is 1. The number of halogens is 1. The molecular weight excluding hydrogens is 383 g/mol. The van der Waals surface area contributed by atoms with Crippen molar-refractivity contribution in [3.63, 3.8) is 0 Å². The minimum absolute atomic E-state index is 0.0272. The molecule has 1 aliphatic heterocycles. The van der Waals surface area contributed by atoms with Gasteiger partial charge in [-0.25, -0.2) is 12.8 Å². The van der Waals surface area contributed by atoms with Gasteiger partial charge in [-0.05, 0) is 56.2 Å². The smallest absolute Gasteiger partial charge is 0.243 e. The molecule has 1 N–H and O–H groups in total. The average Bonchev–Trinajstić information content (AvgIpc) is 2.69. The molecule has 8 heteroatoms. The van der Waals surface area contributed by atoms with Crippen molar-refractivity contribution in [3.05, 3.63) is 54.3 Å². The Kier molecular flexibility index (Phi) is 6.31. The fourth-order valence-electron chi connectivity index (χ4n) is 3.20. The van der Waals surface area contributed by atoms with E-state index in [9.17, 15) is 17.6 Å². The summed E-state index contributed by atoms with van der Waals surface area (Å²) in [5.41, 5.74) is 0.606. The highest BCUT2D eigenvalue weighted by atomic mass is 32.2. The second-order valence-electron chi connectivity index (χ2n) is 6.61. The first-order valence-electron chi connectivity index (χ1n) is 9.19. The molecule has 1 atom stereocenters. The standard InChI is InChI=1S/C20H23FN2O4S/c1-2-27-18-7-3-6-17(13-18)22-20(24)15-5-4-12-23(14-15)28(25,26)19-10-8-16(21)9-11-19/h3,6-11,13,15H,2,4-5,12,14H2,1H3,(H,22,24)/t15-/m0/s1. The second kappa shape index (κ2) is 8.70. The van der Waals surface area contributed by atoms with Crippen molar-refractivity contribution in [1.82, 2.24) is 4.31 Å². The van der Waals surface area contributed by atoms with E-state index in [4.69, 9.17) is 4.74 Å². The molecule has 0 aromatic heterocycles. The Morgan fingerprint density at radius 3 is 2.71 bits per heavy atom. The minimum atomic E-state index is -3.77. The highest BCUT2D eigenvalue weighted by molar-refractivity contribution is 7.89. The van der Waals surface area contributed by atoms with Crippen molar-refractivity contribution in [2.24, 2.45) is 5.92 Å². The number of carbonyl (C=O) groups is 1. The molecule has 0 radical (unpaired) electrons. The molecule has 1 aliphatic rings. The van der Waals surface area contributed by atoms with Crippen LogP contribution >= 0.6 is 0 Å². The van der Waals surface area contributed by atoms with Gasteiger partial charge in [-0.3, -0.25) is 4.79 Å². The summed E-state index contributed by atoms with van der Waals surface area (Å²) < 4.78 is 45.4. The number of amides is 1. The van der Waals surface area contributed by atoms with Crippen molar-refractivity contribution < 1.29 is 22.3 Å². The number of hydrogen-bond acceptors (Lipinski definition) is 4. The third kappa shape index (κ3) is 4.69. The largest absolute Gasteiger partial charge is 0.494 e. The summed E-state index contributed by atoms with van der Waals surface area (Å²) in [7, 11) is -3.77. The van der Waals surface area contributed by atoms with E-state index in [1.165, 1.54) is 16.4 Å². The lowest BCUT2D eigenvalue weighted by Gasteiger charge is -2.31. The fraction of sp³-hybridized carbons (Fsp3) is 0.350. The number of carbonyl (C=O) groups excluding carboxylic acids is 1. The van der Waals surface area contributed by atoms with Crippen LogP contribution in [0.25, 0.3) is 0 Å². The van der Waals surface area contributed by atoms with Gasteiger partial charge in [0.1, 0.15) is 11.6 Å². The molecule has 0 bridgehead atoms. The summed E-state index contributed by atoms with van der Waals surface area (Å²) in [5, 5.41) is 2.84. The van der Waals surface area contributed by atoms with Gasteiger partial charge in [-0.2, -0.15) is 4.31 Å². The molecule has 1 fully saturated rings. The fourth-order valence-corrected chi connectivity index (χ4v) is 4.73. The summed E-state index contributed by atoms with van der Waals surface area (Å²) in [6.45, 7) is 2.83. The van der Waals surface area contributed by atoms with Crippen LogP contribution in [0.3, 0.4) is 0 Å². The number of anilines is 1. The molecule has 150 valence electrons. The molecule has 1 amide bonds. The molecule has 0 saturated carbocycles. The molecule has 2 aromatic rings. The van der Waals surface area contributed by atoms with Crippen molar-refractivity contribution in [1.29, 1.82) is 0 Å². The Labute approximate surface area is 164 Å². The summed E-state index contributed by atoms with van der Waals surface area (Å²) in [4.78, 5) is 12.7. The first kappa shape index (κ1) is 20.3. The summed E-state index contributed by atoms with van der Waals surface area (Å²) >= 11 is 0. The van der Waals surface area contributed by atoms with Gasteiger partial charge < -0.3 is 10.1 Å².